The molecule has 0 spiro atoms. The zero-order valence-electron chi connectivity index (χ0n) is 5.91. The number of hydrogen-bond donors (Lipinski definition) is 0. The summed E-state index contributed by atoms with van der Waals surface area (Å²) in [6, 6.07) is 0. The maximum absolute atomic E-state index is 11.1. The van der Waals surface area contributed by atoms with Crippen LogP contribution in [0.2, 0.25) is 0 Å². The summed E-state index contributed by atoms with van der Waals surface area (Å²) >= 11 is 22.5. The molecule has 7 heteroatoms. The van der Waals surface area contributed by atoms with Crippen molar-refractivity contribution in [1.82, 2.24) is 0 Å². The van der Waals surface area contributed by atoms with Gasteiger partial charge in [-0.05, 0) is 6.42 Å². The van der Waals surface area contributed by atoms with E-state index in [1.54, 1.807) is 6.92 Å². The van der Waals surface area contributed by atoms with Gasteiger partial charge in [0.2, 0.25) is 0 Å². The molecule has 2 nitrogen and oxygen atoms in total. The molecule has 0 aromatic heterocycles. The summed E-state index contributed by atoms with van der Waals surface area (Å²) < 4.78 is 2.72. The molecule has 0 N–H and O–H groups in total. The van der Waals surface area contributed by atoms with Crippen LogP contribution in [0, 0.1) is 0 Å². The lowest BCUT2D eigenvalue weighted by Crippen LogP contribution is -2.44. The van der Waals surface area contributed by atoms with Gasteiger partial charge in [0.1, 0.15) is 11.9 Å². The highest BCUT2D eigenvalue weighted by atomic mass is 79.9. The maximum Gasteiger partial charge on any atom is 0.349 e. The van der Waals surface area contributed by atoms with Gasteiger partial charge in [0.05, 0.1) is 0 Å². The van der Waals surface area contributed by atoms with Crippen molar-refractivity contribution in [3.05, 3.63) is 0 Å². The summed E-state index contributed by atoms with van der Waals surface area (Å²) in [6.07, 6.45) is 0.264. The minimum absolute atomic E-state index is 0.264. The Morgan fingerprint density at radius 3 is 2.00 bits per heavy atom. The van der Waals surface area contributed by atoms with Gasteiger partial charge in [0.25, 0.3) is 0 Å². The van der Waals surface area contributed by atoms with Crippen molar-refractivity contribution in [3.8, 4) is 0 Å². The predicted molar refractivity (Wildman–Crippen MR) is 57.3 cm³/mol. The monoisotopic (exact) mass is 360 g/mol. The summed E-state index contributed by atoms with van der Waals surface area (Å²) in [4.78, 5) is 9.65. The van der Waals surface area contributed by atoms with Gasteiger partial charge in [-0.2, -0.15) is 0 Å². The first-order valence-corrected chi connectivity index (χ1v) is 5.53. The van der Waals surface area contributed by atoms with Crippen LogP contribution in [-0.4, -0.2) is 13.5 Å². The van der Waals surface area contributed by atoms with Crippen LogP contribution in [0.5, 0.6) is 0 Å². The summed E-state index contributed by atoms with van der Waals surface area (Å²) in [5.41, 5.74) is 0. The summed E-state index contributed by atoms with van der Waals surface area (Å²) in [6.45, 7) is 1.68. The molecule has 0 aliphatic rings. The molecule has 1 atom stereocenters. The van der Waals surface area contributed by atoms with Crippen molar-refractivity contribution >= 4 is 72.9 Å². The number of hydrogen-bond acceptors (Lipinski definition) is 2. The van der Waals surface area contributed by atoms with Gasteiger partial charge in [-0.15, -0.1) is 11.6 Å². The number of carbonyl (C=O) groups excluding carboxylic acids is 1. The Morgan fingerprint density at radius 1 is 1.50 bits per heavy atom. The second-order valence-corrected chi connectivity index (χ2v) is 7.74. The average Bonchev–Trinajstić information content (AvgIpc) is 1.99. The first kappa shape index (κ1) is 13.3. The van der Waals surface area contributed by atoms with Crippen LogP contribution in [0.3, 0.4) is 0 Å². The van der Waals surface area contributed by atoms with E-state index in [-0.39, 0.29) is 6.42 Å². The Bertz CT molecular complexity index is 182. The molecule has 72 valence electrons. The molecule has 0 heterocycles. The lowest BCUT2D eigenvalue weighted by Gasteiger charge is -2.29. The van der Waals surface area contributed by atoms with Gasteiger partial charge in [-0.25, -0.2) is 4.79 Å². The molecule has 1 unspecified atom stereocenters. The zero-order valence-corrected chi connectivity index (χ0v) is 11.4. The molecule has 12 heavy (non-hydrogen) atoms. The van der Waals surface area contributed by atoms with E-state index in [1.165, 1.54) is 0 Å². The van der Waals surface area contributed by atoms with Crippen molar-refractivity contribution in [2.45, 2.75) is 20.9 Å². The Balaban J connectivity index is 4.80. The Kier molecular flexibility index (Phi) is 5.20. The fraction of sp³-hybridized carbons (Fsp3) is 0.800. The highest BCUT2D eigenvalue weighted by Crippen LogP contribution is 2.48. The highest BCUT2D eigenvalue weighted by molar-refractivity contribution is 9.26. The summed E-state index contributed by atoms with van der Waals surface area (Å²) in [7, 11) is 0. The number of halogens is 5. The van der Waals surface area contributed by atoms with Crippen molar-refractivity contribution < 1.29 is 9.08 Å². The van der Waals surface area contributed by atoms with Crippen LogP contribution in [0.15, 0.2) is 0 Å². The minimum atomic E-state index is -1.43. The van der Waals surface area contributed by atoms with Gasteiger partial charge in [-0.3, -0.25) is 0 Å². The van der Waals surface area contributed by atoms with Crippen LogP contribution in [0.4, 0.5) is 0 Å². The second kappa shape index (κ2) is 4.69. The number of alkyl halides is 4. The van der Waals surface area contributed by atoms with Crippen LogP contribution < -0.4 is 0 Å². The number of carbonyl (C=O) groups is 1. The van der Waals surface area contributed by atoms with E-state index >= 15 is 0 Å². The van der Waals surface area contributed by atoms with Crippen LogP contribution >= 0.6 is 66.9 Å². The molecule has 0 bridgehead atoms. The van der Waals surface area contributed by atoms with E-state index in [0.717, 1.165) is 0 Å². The number of rotatable bonds is 3. The van der Waals surface area contributed by atoms with E-state index in [1.807, 2.05) is 0 Å². The average molecular weight is 363 g/mol. The van der Waals surface area contributed by atoms with Gasteiger partial charge >= 0.3 is 5.97 Å². The van der Waals surface area contributed by atoms with E-state index in [2.05, 4.69) is 36.1 Å². The van der Waals surface area contributed by atoms with Crippen LogP contribution in [0.1, 0.15) is 13.3 Å². The third-order valence-corrected chi connectivity index (χ3v) is 4.40. The lowest BCUT2D eigenvalue weighted by molar-refractivity contribution is -0.136. The molecule has 0 aromatic carbocycles. The van der Waals surface area contributed by atoms with Crippen molar-refractivity contribution in [1.29, 1.82) is 0 Å². The van der Waals surface area contributed by atoms with E-state index in [0.29, 0.717) is 0 Å². The molecule has 0 saturated carbocycles. The first-order chi connectivity index (χ1) is 5.29. The standard InChI is InChI=1S/C5H5Br2Cl3O2/c1-2-4(8,3(11)12-10)5(6,7)9/h2H2,1H3. The Morgan fingerprint density at radius 2 is 1.92 bits per heavy atom. The van der Waals surface area contributed by atoms with Crippen LogP contribution in [-0.2, 0) is 9.08 Å². The van der Waals surface area contributed by atoms with Gasteiger partial charge in [0, 0.05) is 0 Å². The molecule has 0 radical (unpaired) electrons. The molecule has 0 saturated heterocycles. The fourth-order valence-corrected chi connectivity index (χ4v) is 1.83. The van der Waals surface area contributed by atoms with E-state index in [9.17, 15) is 4.79 Å². The normalized spacial score (nSPS) is 16.8. The molecular formula is C5H5Br2Cl3O2. The SMILES string of the molecule is CCC(Cl)(C(=O)OCl)C(Cl)(Br)Br. The zero-order chi connectivity index (χ0) is 9.99. The van der Waals surface area contributed by atoms with E-state index < -0.39 is 13.5 Å². The molecule has 0 aliphatic heterocycles. The fourth-order valence-electron chi connectivity index (χ4n) is 0.522. The third-order valence-electron chi connectivity index (χ3n) is 1.33. The molecule has 0 rings (SSSR count). The highest BCUT2D eigenvalue weighted by Gasteiger charge is 2.52. The van der Waals surface area contributed by atoms with E-state index in [4.69, 9.17) is 35.1 Å². The lowest BCUT2D eigenvalue weighted by atomic mass is 10.1. The minimum Gasteiger partial charge on any atom is -0.345 e. The van der Waals surface area contributed by atoms with Crippen molar-refractivity contribution in [2.24, 2.45) is 0 Å². The third kappa shape index (κ3) is 2.64. The largest absolute Gasteiger partial charge is 0.349 e. The summed E-state index contributed by atoms with van der Waals surface area (Å²) in [5, 5.41) is 0. The Hall–Kier alpha value is 1.30. The molecule has 0 aromatic rings. The van der Waals surface area contributed by atoms with Crippen LogP contribution in [0.25, 0.3) is 0 Å². The second-order valence-electron chi connectivity index (χ2n) is 2.02. The van der Waals surface area contributed by atoms with Crippen molar-refractivity contribution in [2.75, 3.05) is 0 Å². The molecule has 0 amide bonds. The van der Waals surface area contributed by atoms with Gasteiger partial charge in [-0.1, -0.05) is 50.4 Å². The molecule has 0 fully saturated rings. The Labute approximate surface area is 102 Å². The topological polar surface area (TPSA) is 26.3 Å². The van der Waals surface area contributed by atoms with Gasteiger partial charge < -0.3 is 4.29 Å². The van der Waals surface area contributed by atoms with Gasteiger partial charge in [0.15, 0.2) is 7.57 Å². The van der Waals surface area contributed by atoms with Crippen molar-refractivity contribution in [3.63, 3.8) is 0 Å². The predicted octanol–water partition coefficient (Wildman–Crippen LogP) is 3.75. The summed E-state index contributed by atoms with van der Waals surface area (Å²) in [5.74, 6) is -0.808. The molecular weight excluding hydrogens is 358 g/mol. The molecule has 0 aliphatic carbocycles. The quantitative estimate of drug-likeness (QED) is 0.714. The maximum atomic E-state index is 11.1. The smallest absolute Gasteiger partial charge is 0.345 e. The first-order valence-electron chi connectivity index (χ1n) is 2.88.